The van der Waals surface area contributed by atoms with Gasteiger partial charge in [-0.05, 0) is 50.3 Å². The van der Waals surface area contributed by atoms with Crippen molar-refractivity contribution in [2.24, 2.45) is 0 Å². The Morgan fingerprint density at radius 1 is 1.40 bits per heavy atom. The standard InChI is InChI=1S/C14H19BrN2O2S/c1-10-13(16)8-12(15)9-14(10)20(18,19)17-7-6-11-4-2-3-5-11/h4,8-9,17H,2-3,5-7,16H2,1H3. The number of allylic oxidation sites excluding steroid dienone is 1. The van der Waals surface area contributed by atoms with E-state index in [1.165, 1.54) is 12.0 Å². The molecule has 6 heteroatoms. The second-order valence-corrected chi connectivity index (χ2v) is 7.67. The number of rotatable bonds is 5. The van der Waals surface area contributed by atoms with Crippen molar-refractivity contribution in [3.05, 3.63) is 33.8 Å². The van der Waals surface area contributed by atoms with E-state index < -0.39 is 10.0 Å². The van der Waals surface area contributed by atoms with E-state index in [1.807, 2.05) is 0 Å². The molecule has 0 amide bonds. The van der Waals surface area contributed by atoms with E-state index in [0.717, 1.165) is 19.3 Å². The number of halogens is 1. The van der Waals surface area contributed by atoms with Crippen molar-refractivity contribution < 1.29 is 8.42 Å². The highest BCUT2D eigenvalue weighted by atomic mass is 79.9. The Balaban J connectivity index is 2.10. The molecule has 0 radical (unpaired) electrons. The van der Waals surface area contributed by atoms with Crippen molar-refractivity contribution in [2.75, 3.05) is 12.3 Å². The molecule has 4 nitrogen and oxygen atoms in total. The largest absolute Gasteiger partial charge is 0.398 e. The molecule has 1 aromatic rings. The molecule has 0 spiro atoms. The van der Waals surface area contributed by atoms with E-state index in [2.05, 4.69) is 26.7 Å². The number of benzene rings is 1. The first-order chi connectivity index (χ1) is 9.40. The summed E-state index contributed by atoms with van der Waals surface area (Å²) >= 11 is 3.28. The molecular formula is C14H19BrN2O2S. The second-order valence-electron chi connectivity index (χ2n) is 5.02. The van der Waals surface area contributed by atoms with Crippen molar-refractivity contribution in [3.8, 4) is 0 Å². The van der Waals surface area contributed by atoms with Crippen molar-refractivity contribution in [1.29, 1.82) is 0 Å². The van der Waals surface area contributed by atoms with Crippen molar-refractivity contribution in [3.63, 3.8) is 0 Å². The molecule has 110 valence electrons. The summed E-state index contributed by atoms with van der Waals surface area (Å²) in [7, 11) is -3.51. The van der Waals surface area contributed by atoms with Crippen LogP contribution in [0.15, 0.2) is 33.2 Å². The van der Waals surface area contributed by atoms with Gasteiger partial charge in [-0.25, -0.2) is 13.1 Å². The lowest BCUT2D eigenvalue weighted by atomic mass is 10.2. The maximum Gasteiger partial charge on any atom is 0.240 e. The first-order valence-corrected chi connectivity index (χ1v) is 8.91. The summed E-state index contributed by atoms with van der Waals surface area (Å²) in [6, 6.07) is 3.29. The number of hydrogen-bond donors (Lipinski definition) is 2. The minimum absolute atomic E-state index is 0.241. The molecule has 0 aliphatic heterocycles. The monoisotopic (exact) mass is 358 g/mol. The lowest BCUT2D eigenvalue weighted by Gasteiger charge is -2.12. The summed E-state index contributed by atoms with van der Waals surface area (Å²) in [5, 5.41) is 0. The van der Waals surface area contributed by atoms with Crippen molar-refractivity contribution >= 4 is 31.6 Å². The lowest BCUT2D eigenvalue weighted by molar-refractivity contribution is 0.580. The first-order valence-electron chi connectivity index (χ1n) is 6.63. The van der Waals surface area contributed by atoms with Crippen LogP contribution in [0.3, 0.4) is 0 Å². The molecule has 1 aliphatic carbocycles. The SMILES string of the molecule is Cc1c(N)cc(Br)cc1S(=O)(=O)NCCC1=CCCC1. The predicted octanol–water partition coefficient (Wildman–Crippen LogP) is 3.12. The van der Waals surface area contributed by atoms with Crippen LogP contribution in [-0.4, -0.2) is 15.0 Å². The zero-order valence-corrected chi connectivity index (χ0v) is 13.9. The Hall–Kier alpha value is -0.850. The van der Waals surface area contributed by atoms with Crippen LogP contribution in [0.4, 0.5) is 5.69 Å². The van der Waals surface area contributed by atoms with E-state index in [9.17, 15) is 8.42 Å². The molecule has 0 saturated heterocycles. The molecule has 3 N–H and O–H groups in total. The Morgan fingerprint density at radius 3 is 2.80 bits per heavy atom. The summed E-state index contributed by atoms with van der Waals surface area (Å²) < 4.78 is 28.0. The number of hydrogen-bond acceptors (Lipinski definition) is 3. The van der Waals surface area contributed by atoms with Gasteiger partial charge in [-0.2, -0.15) is 0 Å². The van der Waals surface area contributed by atoms with Gasteiger partial charge in [0.2, 0.25) is 10.0 Å². The van der Waals surface area contributed by atoms with Gasteiger partial charge in [0.25, 0.3) is 0 Å². The van der Waals surface area contributed by atoms with Crippen molar-refractivity contribution in [1.82, 2.24) is 4.72 Å². The molecule has 0 fully saturated rings. The van der Waals surface area contributed by atoms with Gasteiger partial charge in [0, 0.05) is 16.7 Å². The summed E-state index contributed by atoms with van der Waals surface area (Å²) in [5.74, 6) is 0. The van der Waals surface area contributed by atoms with Gasteiger partial charge in [0.05, 0.1) is 4.90 Å². The molecule has 0 atom stereocenters. The average Bonchev–Trinajstić information content (AvgIpc) is 2.86. The second kappa shape index (κ2) is 6.28. The third kappa shape index (κ3) is 3.62. The van der Waals surface area contributed by atoms with Crippen LogP contribution in [0.5, 0.6) is 0 Å². The zero-order chi connectivity index (χ0) is 14.8. The summed E-state index contributed by atoms with van der Waals surface area (Å²) in [6.45, 7) is 2.15. The highest BCUT2D eigenvalue weighted by Gasteiger charge is 2.19. The maximum atomic E-state index is 12.3. The molecular weight excluding hydrogens is 340 g/mol. The molecule has 0 aromatic heterocycles. The van der Waals surface area contributed by atoms with Gasteiger partial charge < -0.3 is 5.73 Å². The molecule has 1 aliphatic rings. The number of sulfonamides is 1. The van der Waals surface area contributed by atoms with Crippen LogP contribution in [0.25, 0.3) is 0 Å². The molecule has 2 rings (SSSR count). The normalized spacial score (nSPS) is 15.4. The number of nitrogen functional groups attached to an aromatic ring is 1. The van der Waals surface area contributed by atoms with Gasteiger partial charge >= 0.3 is 0 Å². The molecule has 0 unspecified atom stereocenters. The van der Waals surface area contributed by atoms with Crippen LogP contribution in [-0.2, 0) is 10.0 Å². The Labute approximate surface area is 128 Å². The van der Waals surface area contributed by atoms with Crippen LogP contribution < -0.4 is 10.5 Å². The fraction of sp³-hybridized carbons (Fsp3) is 0.429. The highest BCUT2D eigenvalue weighted by molar-refractivity contribution is 9.10. The molecule has 1 aromatic carbocycles. The van der Waals surface area contributed by atoms with E-state index in [0.29, 0.717) is 22.3 Å². The molecule has 20 heavy (non-hydrogen) atoms. The van der Waals surface area contributed by atoms with Crippen LogP contribution in [0.1, 0.15) is 31.2 Å². The third-order valence-electron chi connectivity index (χ3n) is 3.53. The smallest absolute Gasteiger partial charge is 0.240 e. The average molecular weight is 359 g/mol. The minimum atomic E-state index is -3.51. The molecule has 0 bridgehead atoms. The summed E-state index contributed by atoms with van der Waals surface area (Å²) in [5.41, 5.74) is 8.22. The predicted molar refractivity (Wildman–Crippen MR) is 85.0 cm³/mol. The Morgan fingerprint density at radius 2 is 2.15 bits per heavy atom. The van der Waals surface area contributed by atoms with Gasteiger partial charge in [-0.3, -0.25) is 0 Å². The fourth-order valence-corrected chi connectivity index (χ4v) is 4.30. The Kier molecular flexibility index (Phi) is 4.88. The zero-order valence-electron chi connectivity index (χ0n) is 11.4. The van der Waals surface area contributed by atoms with E-state index in [1.54, 1.807) is 19.1 Å². The van der Waals surface area contributed by atoms with Crippen molar-refractivity contribution in [2.45, 2.75) is 37.5 Å². The lowest BCUT2D eigenvalue weighted by Crippen LogP contribution is -2.26. The van der Waals surface area contributed by atoms with Gasteiger partial charge in [-0.15, -0.1) is 0 Å². The summed E-state index contributed by atoms with van der Waals surface area (Å²) in [6.07, 6.45) is 6.37. The Bertz CT molecular complexity index is 639. The van der Waals surface area contributed by atoms with E-state index in [-0.39, 0.29) is 4.90 Å². The first kappa shape index (κ1) is 15.5. The topological polar surface area (TPSA) is 72.2 Å². The molecule has 0 heterocycles. The number of nitrogens with two attached hydrogens (primary N) is 1. The van der Waals surface area contributed by atoms with Crippen LogP contribution in [0.2, 0.25) is 0 Å². The van der Waals surface area contributed by atoms with Gasteiger partial charge in [0.15, 0.2) is 0 Å². The fourth-order valence-electron chi connectivity index (χ4n) is 2.34. The van der Waals surface area contributed by atoms with Crippen LogP contribution in [0, 0.1) is 6.92 Å². The number of anilines is 1. The third-order valence-corrected chi connectivity index (χ3v) is 5.57. The van der Waals surface area contributed by atoms with Gasteiger partial charge in [0.1, 0.15) is 0 Å². The quantitative estimate of drug-likeness (QED) is 0.627. The number of nitrogens with one attached hydrogen (secondary N) is 1. The molecule has 0 saturated carbocycles. The van der Waals surface area contributed by atoms with Crippen LogP contribution >= 0.6 is 15.9 Å². The van der Waals surface area contributed by atoms with Gasteiger partial charge in [-0.1, -0.05) is 27.6 Å². The highest BCUT2D eigenvalue weighted by Crippen LogP contribution is 2.26. The summed E-state index contributed by atoms with van der Waals surface area (Å²) in [4.78, 5) is 0.241. The minimum Gasteiger partial charge on any atom is -0.398 e. The van der Waals surface area contributed by atoms with E-state index >= 15 is 0 Å². The maximum absolute atomic E-state index is 12.3. The van der Waals surface area contributed by atoms with E-state index in [4.69, 9.17) is 5.73 Å².